The van der Waals surface area contributed by atoms with Crippen molar-refractivity contribution in [2.24, 2.45) is 0 Å². The second-order valence-corrected chi connectivity index (χ2v) is 4.16. The molecule has 0 fully saturated rings. The highest BCUT2D eigenvalue weighted by molar-refractivity contribution is 7.80. The summed E-state index contributed by atoms with van der Waals surface area (Å²) in [5.41, 5.74) is 0. The Labute approximate surface area is 105 Å². The summed E-state index contributed by atoms with van der Waals surface area (Å²) in [7, 11) is 0. The van der Waals surface area contributed by atoms with Crippen LogP contribution >= 0.6 is 12.6 Å². The molecule has 0 saturated carbocycles. The van der Waals surface area contributed by atoms with Crippen LogP contribution < -0.4 is 5.32 Å². The number of thiol groups is 1. The Morgan fingerprint density at radius 1 is 1.31 bits per heavy atom. The molecule has 1 amide bonds. The molecule has 1 N–H and O–H groups in total. The lowest BCUT2D eigenvalue weighted by Crippen LogP contribution is -2.25. The molecule has 0 atom stereocenters. The maximum absolute atomic E-state index is 10.6. The average molecular weight is 251 g/mol. The van der Waals surface area contributed by atoms with Crippen LogP contribution in [0.5, 0.6) is 0 Å². The molecule has 0 bridgehead atoms. The molecule has 0 aromatic carbocycles. The molecular weight excluding hydrogens is 226 g/mol. The second kappa shape index (κ2) is 16.7. The zero-order valence-electron chi connectivity index (χ0n) is 11.1. The van der Waals surface area contributed by atoms with Crippen LogP contribution in [0.25, 0.3) is 0 Å². The topological polar surface area (TPSA) is 55.4 Å². The van der Waals surface area contributed by atoms with Gasteiger partial charge in [0.1, 0.15) is 6.54 Å². The van der Waals surface area contributed by atoms with Gasteiger partial charge in [0, 0.05) is 0 Å². The molecular formula is C11H25NO3S. The average Bonchev–Trinajstić information content (AvgIpc) is 2.16. The number of ether oxygens (including phenoxy) is 1. The number of carbonyl (C=O) groups is 2. The predicted octanol–water partition coefficient (Wildman–Crippen LogP) is 2.03. The van der Waals surface area contributed by atoms with Gasteiger partial charge in [0.2, 0.25) is 6.41 Å². The Bertz CT molecular complexity index is 159. The molecule has 0 unspecified atom stereocenters. The Kier molecular flexibility index (Phi) is 21.6. The molecule has 0 aliphatic rings. The van der Waals surface area contributed by atoms with Gasteiger partial charge in [-0.25, -0.2) is 0 Å². The molecule has 0 aromatic rings. The molecule has 98 valence electrons. The largest absolute Gasteiger partial charge is 0.462 e. The van der Waals surface area contributed by atoms with Gasteiger partial charge in [-0.3, -0.25) is 9.59 Å². The number of nitrogens with one attached hydrogen (secondary N) is 1. The van der Waals surface area contributed by atoms with Crippen molar-refractivity contribution in [3.8, 4) is 0 Å². The van der Waals surface area contributed by atoms with Crippen LogP contribution in [-0.4, -0.2) is 30.3 Å². The van der Waals surface area contributed by atoms with E-state index >= 15 is 0 Å². The van der Waals surface area contributed by atoms with E-state index in [1.807, 2.05) is 27.7 Å². The van der Waals surface area contributed by atoms with Crippen LogP contribution in [0.1, 0.15) is 41.5 Å². The molecule has 0 rings (SSSR count). The van der Waals surface area contributed by atoms with E-state index in [-0.39, 0.29) is 12.6 Å². The normalized spacial score (nSPS) is 8.31. The van der Waals surface area contributed by atoms with E-state index < -0.39 is 5.97 Å². The second-order valence-electron chi connectivity index (χ2n) is 3.13. The number of esters is 1. The lowest BCUT2D eigenvalue weighted by molar-refractivity contribution is -0.146. The summed E-state index contributed by atoms with van der Waals surface area (Å²) in [6.07, 6.45) is 0.336. The van der Waals surface area contributed by atoms with E-state index in [1.54, 1.807) is 13.8 Å². The van der Waals surface area contributed by atoms with Gasteiger partial charge >= 0.3 is 5.97 Å². The van der Waals surface area contributed by atoms with Crippen LogP contribution in [0.3, 0.4) is 0 Å². The van der Waals surface area contributed by atoms with Crippen LogP contribution in [0.4, 0.5) is 0 Å². The van der Waals surface area contributed by atoms with E-state index in [0.29, 0.717) is 11.7 Å². The van der Waals surface area contributed by atoms with Gasteiger partial charge in [0.25, 0.3) is 0 Å². The first-order chi connectivity index (χ1) is 7.40. The fraction of sp³-hybridized carbons (Fsp3) is 0.818. The van der Waals surface area contributed by atoms with Crippen molar-refractivity contribution in [2.75, 3.05) is 6.54 Å². The lowest BCUT2D eigenvalue weighted by Gasteiger charge is -2.05. The molecule has 0 spiro atoms. The molecule has 5 heteroatoms. The zero-order chi connectivity index (χ0) is 13.6. The number of carbonyl (C=O) groups excluding carboxylic acids is 2. The van der Waals surface area contributed by atoms with Gasteiger partial charge in [-0.1, -0.05) is 27.7 Å². The first-order valence-electron chi connectivity index (χ1n) is 5.44. The molecule has 0 aliphatic heterocycles. The Morgan fingerprint density at radius 3 is 1.94 bits per heavy atom. The highest BCUT2D eigenvalue weighted by Crippen LogP contribution is 1.86. The van der Waals surface area contributed by atoms with E-state index in [1.165, 1.54) is 0 Å². The predicted molar refractivity (Wildman–Crippen MR) is 70.8 cm³/mol. The monoisotopic (exact) mass is 251 g/mol. The molecule has 0 heterocycles. The molecule has 0 saturated heterocycles. The summed E-state index contributed by atoms with van der Waals surface area (Å²) in [6.45, 7) is 11.5. The third-order valence-electron chi connectivity index (χ3n) is 0.697. The van der Waals surface area contributed by atoms with E-state index in [0.717, 1.165) is 0 Å². The highest BCUT2D eigenvalue weighted by atomic mass is 32.1. The van der Waals surface area contributed by atoms with Gasteiger partial charge in [-0.15, -0.1) is 0 Å². The van der Waals surface area contributed by atoms with Crippen LogP contribution in [0.2, 0.25) is 0 Å². The summed E-state index contributed by atoms with van der Waals surface area (Å²) in [5, 5.41) is 2.73. The summed E-state index contributed by atoms with van der Waals surface area (Å²) < 4.78 is 4.69. The van der Waals surface area contributed by atoms with Crippen LogP contribution in [-0.2, 0) is 14.3 Å². The number of rotatable bonds is 4. The fourth-order valence-corrected chi connectivity index (χ4v) is 0.430. The smallest absolute Gasteiger partial charge is 0.325 e. The third kappa shape index (κ3) is 37.8. The summed E-state index contributed by atoms with van der Waals surface area (Å²) in [6, 6.07) is 0. The van der Waals surface area contributed by atoms with E-state index in [4.69, 9.17) is 4.74 Å². The quantitative estimate of drug-likeness (QED) is 0.457. The maximum atomic E-state index is 10.6. The van der Waals surface area contributed by atoms with Gasteiger partial charge < -0.3 is 10.1 Å². The number of amides is 1. The van der Waals surface area contributed by atoms with Crippen molar-refractivity contribution in [2.45, 2.75) is 52.9 Å². The van der Waals surface area contributed by atoms with Crippen molar-refractivity contribution in [3.05, 3.63) is 0 Å². The van der Waals surface area contributed by atoms with Gasteiger partial charge in [-0.2, -0.15) is 12.6 Å². The lowest BCUT2D eigenvalue weighted by atomic mass is 10.5. The van der Waals surface area contributed by atoms with E-state index in [9.17, 15) is 9.59 Å². The van der Waals surface area contributed by atoms with Crippen molar-refractivity contribution in [1.82, 2.24) is 5.32 Å². The fourth-order valence-electron chi connectivity index (χ4n) is 0.430. The minimum atomic E-state index is -0.415. The standard InChI is InChI=1S/C6H11NO3.C3H8S.C2H6/c1-5(2)10-6(9)3-7-4-8;1-3(2)4;1-2/h4-5H,3H2,1-2H3,(H,7,8);3-4H,1-2H3;1-2H3. The van der Waals surface area contributed by atoms with Gasteiger partial charge in [0.05, 0.1) is 6.10 Å². The molecule has 0 aromatic heterocycles. The van der Waals surface area contributed by atoms with Crippen molar-refractivity contribution in [3.63, 3.8) is 0 Å². The maximum Gasteiger partial charge on any atom is 0.325 e. The first kappa shape index (κ1) is 20.7. The Morgan fingerprint density at radius 2 is 1.69 bits per heavy atom. The molecule has 4 nitrogen and oxygen atoms in total. The molecule has 0 radical (unpaired) electrons. The van der Waals surface area contributed by atoms with Crippen LogP contribution in [0, 0.1) is 0 Å². The third-order valence-corrected chi connectivity index (χ3v) is 0.697. The van der Waals surface area contributed by atoms with Crippen molar-refractivity contribution in [1.29, 1.82) is 0 Å². The molecule has 16 heavy (non-hydrogen) atoms. The number of hydrogen-bond donors (Lipinski definition) is 2. The number of hydrogen-bond acceptors (Lipinski definition) is 4. The summed E-state index contributed by atoms with van der Waals surface area (Å²) in [4.78, 5) is 20.2. The summed E-state index contributed by atoms with van der Waals surface area (Å²) in [5.74, 6) is -0.415. The van der Waals surface area contributed by atoms with Crippen molar-refractivity contribution >= 4 is 25.0 Å². The first-order valence-corrected chi connectivity index (χ1v) is 5.96. The molecule has 0 aliphatic carbocycles. The minimum Gasteiger partial charge on any atom is -0.462 e. The minimum absolute atomic E-state index is 0.0539. The highest BCUT2D eigenvalue weighted by Gasteiger charge is 2.02. The van der Waals surface area contributed by atoms with Crippen LogP contribution in [0.15, 0.2) is 0 Å². The van der Waals surface area contributed by atoms with Crippen molar-refractivity contribution < 1.29 is 14.3 Å². The van der Waals surface area contributed by atoms with E-state index in [2.05, 4.69) is 17.9 Å². The Balaban J connectivity index is -0.000000237. The Hall–Kier alpha value is -0.710. The SMILES string of the molecule is CC.CC(C)OC(=O)CNC=O.CC(C)S. The van der Waals surface area contributed by atoms with Gasteiger partial charge in [0.15, 0.2) is 0 Å². The zero-order valence-corrected chi connectivity index (χ0v) is 12.0. The van der Waals surface area contributed by atoms with Gasteiger partial charge in [-0.05, 0) is 19.1 Å². The summed E-state index contributed by atoms with van der Waals surface area (Å²) >= 11 is 3.97.